The van der Waals surface area contributed by atoms with Crippen LogP contribution in [0.4, 0.5) is 0 Å². The summed E-state index contributed by atoms with van der Waals surface area (Å²) in [6.07, 6.45) is 0.540. The molecule has 0 saturated carbocycles. The van der Waals surface area contributed by atoms with Crippen LogP contribution in [0.15, 0.2) is 35.4 Å². The molecule has 1 N–H and O–H groups in total. The van der Waals surface area contributed by atoms with Crippen molar-refractivity contribution in [3.63, 3.8) is 0 Å². The molecule has 5 nitrogen and oxygen atoms in total. The summed E-state index contributed by atoms with van der Waals surface area (Å²) in [6.45, 7) is 1.83. The number of carbonyl (C=O) groups excluding carboxylic acids is 1. The minimum absolute atomic E-state index is 0.540. The number of carbonyl (C=O) groups is 1. The Morgan fingerprint density at radius 2 is 1.75 bits per heavy atom. The molecule has 0 atom stereocenters. The third kappa shape index (κ3) is 2.71. The third-order valence-electron chi connectivity index (χ3n) is 3.05. The van der Waals surface area contributed by atoms with Gasteiger partial charge in [-0.3, -0.25) is 4.79 Å². The summed E-state index contributed by atoms with van der Waals surface area (Å²) < 4.78 is 10.6. The molecular formula is C15H16N2O3. The molecule has 0 heterocycles. The summed E-state index contributed by atoms with van der Waals surface area (Å²) in [6, 6.07) is 9.75. The number of hydrogen-bond acceptors (Lipinski definition) is 4. The van der Waals surface area contributed by atoms with E-state index in [1.807, 2.05) is 37.3 Å². The SMILES string of the molecule is COc1cc2ccc(/C(C)=N\NC=O)cc2cc1OC. The molecule has 0 spiro atoms. The monoisotopic (exact) mass is 272 g/mol. The summed E-state index contributed by atoms with van der Waals surface area (Å²) in [5.41, 5.74) is 3.96. The highest BCUT2D eigenvalue weighted by Gasteiger charge is 2.07. The largest absolute Gasteiger partial charge is 0.493 e. The molecule has 104 valence electrons. The van der Waals surface area contributed by atoms with Crippen LogP contribution in [0, 0.1) is 0 Å². The Labute approximate surface area is 117 Å². The zero-order valence-corrected chi connectivity index (χ0v) is 11.6. The first-order valence-corrected chi connectivity index (χ1v) is 6.09. The van der Waals surface area contributed by atoms with Crippen LogP contribution in [0.3, 0.4) is 0 Å². The van der Waals surface area contributed by atoms with Gasteiger partial charge in [-0.05, 0) is 41.5 Å². The molecule has 5 heteroatoms. The maximum atomic E-state index is 10.3. The maximum absolute atomic E-state index is 10.3. The van der Waals surface area contributed by atoms with Crippen molar-refractivity contribution in [2.45, 2.75) is 6.92 Å². The number of hydrogen-bond donors (Lipinski definition) is 1. The summed E-state index contributed by atoms with van der Waals surface area (Å²) in [4.78, 5) is 10.3. The van der Waals surface area contributed by atoms with Gasteiger partial charge >= 0.3 is 0 Å². The number of methoxy groups -OCH3 is 2. The molecule has 0 fully saturated rings. The van der Waals surface area contributed by atoms with Crippen molar-refractivity contribution in [1.82, 2.24) is 5.43 Å². The van der Waals surface area contributed by atoms with Gasteiger partial charge in [0.2, 0.25) is 6.41 Å². The quantitative estimate of drug-likeness (QED) is 0.516. The normalized spacial score (nSPS) is 11.2. The minimum atomic E-state index is 0.540. The molecule has 0 bridgehead atoms. The van der Waals surface area contributed by atoms with E-state index in [9.17, 15) is 4.79 Å². The molecule has 0 aliphatic rings. The Morgan fingerprint density at radius 3 is 2.35 bits per heavy atom. The third-order valence-corrected chi connectivity index (χ3v) is 3.05. The number of fused-ring (bicyclic) bond motifs is 1. The highest BCUT2D eigenvalue weighted by atomic mass is 16.5. The highest BCUT2D eigenvalue weighted by molar-refractivity contribution is 6.02. The molecule has 2 aromatic carbocycles. The first-order chi connectivity index (χ1) is 9.69. The molecule has 0 aliphatic heterocycles. The van der Waals surface area contributed by atoms with Crippen molar-refractivity contribution in [3.05, 3.63) is 35.9 Å². The van der Waals surface area contributed by atoms with Crippen molar-refractivity contribution >= 4 is 22.9 Å². The molecule has 0 aromatic heterocycles. The minimum Gasteiger partial charge on any atom is -0.493 e. The van der Waals surface area contributed by atoms with Crippen LogP contribution in [-0.4, -0.2) is 26.3 Å². The van der Waals surface area contributed by atoms with Gasteiger partial charge in [0.15, 0.2) is 11.5 Å². The van der Waals surface area contributed by atoms with E-state index in [1.165, 1.54) is 0 Å². The van der Waals surface area contributed by atoms with E-state index in [1.54, 1.807) is 14.2 Å². The lowest BCUT2D eigenvalue weighted by atomic mass is 10.0. The summed E-state index contributed by atoms with van der Waals surface area (Å²) in [5.74, 6) is 1.37. The lowest BCUT2D eigenvalue weighted by Gasteiger charge is -2.10. The zero-order chi connectivity index (χ0) is 14.5. The van der Waals surface area contributed by atoms with Gasteiger partial charge in [0.1, 0.15) is 0 Å². The standard InChI is InChI=1S/C15H16N2O3/c1-10(17-16-9-18)11-4-5-12-7-14(19-2)15(20-3)8-13(12)6-11/h4-9H,1-3H3,(H,16,18)/b17-10-. The predicted molar refractivity (Wildman–Crippen MR) is 78.5 cm³/mol. The molecule has 2 aromatic rings. The van der Waals surface area contributed by atoms with Crippen molar-refractivity contribution in [2.24, 2.45) is 5.10 Å². The molecule has 0 unspecified atom stereocenters. The molecule has 0 aliphatic carbocycles. The van der Waals surface area contributed by atoms with Crippen LogP contribution >= 0.6 is 0 Å². The zero-order valence-electron chi connectivity index (χ0n) is 11.6. The average molecular weight is 272 g/mol. The van der Waals surface area contributed by atoms with Crippen LogP contribution < -0.4 is 14.9 Å². The molecule has 20 heavy (non-hydrogen) atoms. The Morgan fingerprint density at radius 1 is 1.10 bits per heavy atom. The fourth-order valence-corrected chi connectivity index (χ4v) is 1.99. The van der Waals surface area contributed by atoms with Crippen LogP contribution in [0.1, 0.15) is 12.5 Å². The van der Waals surface area contributed by atoms with Gasteiger partial charge in [0.25, 0.3) is 0 Å². The van der Waals surface area contributed by atoms with Gasteiger partial charge < -0.3 is 9.47 Å². The van der Waals surface area contributed by atoms with Gasteiger partial charge in [0.05, 0.1) is 19.9 Å². The highest BCUT2D eigenvalue weighted by Crippen LogP contribution is 2.32. The van der Waals surface area contributed by atoms with Crippen molar-refractivity contribution in [3.8, 4) is 11.5 Å². The lowest BCUT2D eigenvalue weighted by molar-refractivity contribution is -0.109. The van der Waals surface area contributed by atoms with E-state index in [0.29, 0.717) is 17.9 Å². The van der Waals surface area contributed by atoms with E-state index in [2.05, 4.69) is 10.5 Å². The summed E-state index contributed by atoms with van der Waals surface area (Å²) >= 11 is 0. The van der Waals surface area contributed by atoms with E-state index in [0.717, 1.165) is 22.0 Å². The fraction of sp³-hybridized carbons (Fsp3) is 0.200. The van der Waals surface area contributed by atoms with Crippen molar-refractivity contribution in [1.29, 1.82) is 0 Å². The number of ether oxygens (including phenoxy) is 2. The van der Waals surface area contributed by atoms with E-state index < -0.39 is 0 Å². The molecule has 0 radical (unpaired) electrons. The Kier molecular flexibility index (Phi) is 4.20. The second-order valence-electron chi connectivity index (χ2n) is 4.21. The number of hydrazone groups is 1. The van der Waals surface area contributed by atoms with E-state index >= 15 is 0 Å². The van der Waals surface area contributed by atoms with E-state index in [-0.39, 0.29) is 0 Å². The first kappa shape index (κ1) is 13.9. The van der Waals surface area contributed by atoms with Crippen LogP contribution in [0.25, 0.3) is 10.8 Å². The van der Waals surface area contributed by atoms with Gasteiger partial charge in [-0.15, -0.1) is 0 Å². The number of nitrogens with zero attached hydrogens (tertiary/aromatic N) is 1. The molecule has 0 saturated heterocycles. The fourth-order valence-electron chi connectivity index (χ4n) is 1.99. The lowest BCUT2D eigenvalue weighted by Crippen LogP contribution is -2.06. The first-order valence-electron chi connectivity index (χ1n) is 6.09. The maximum Gasteiger partial charge on any atom is 0.227 e. The van der Waals surface area contributed by atoms with Gasteiger partial charge in [-0.1, -0.05) is 12.1 Å². The Bertz CT molecular complexity index is 665. The average Bonchev–Trinajstić information content (AvgIpc) is 2.50. The smallest absolute Gasteiger partial charge is 0.227 e. The number of amides is 1. The Balaban J connectivity index is 2.51. The predicted octanol–water partition coefficient (Wildman–Crippen LogP) is 2.33. The van der Waals surface area contributed by atoms with E-state index in [4.69, 9.17) is 9.47 Å². The molecular weight excluding hydrogens is 256 g/mol. The van der Waals surface area contributed by atoms with Gasteiger partial charge in [0, 0.05) is 0 Å². The summed E-state index contributed by atoms with van der Waals surface area (Å²) in [5, 5.41) is 6.00. The molecule has 1 amide bonds. The van der Waals surface area contributed by atoms with Crippen LogP contribution in [0.5, 0.6) is 11.5 Å². The number of nitrogens with one attached hydrogen (secondary N) is 1. The summed E-state index contributed by atoms with van der Waals surface area (Å²) in [7, 11) is 3.22. The van der Waals surface area contributed by atoms with Gasteiger partial charge in [-0.2, -0.15) is 5.10 Å². The van der Waals surface area contributed by atoms with Gasteiger partial charge in [-0.25, -0.2) is 5.43 Å². The van der Waals surface area contributed by atoms with Crippen LogP contribution in [0.2, 0.25) is 0 Å². The second-order valence-corrected chi connectivity index (χ2v) is 4.21. The Hall–Kier alpha value is -2.56. The number of rotatable bonds is 5. The van der Waals surface area contributed by atoms with Crippen molar-refractivity contribution < 1.29 is 14.3 Å². The number of benzene rings is 2. The topological polar surface area (TPSA) is 59.9 Å². The molecule has 2 rings (SSSR count). The second kappa shape index (κ2) is 6.06. The van der Waals surface area contributed by atoms with Crippen LogP contribution in [-0.2, 0) is 4.79 Å². The van der Waals surface area contributed by atoms with Crippen molar-refractivity contribution in [2.75, 3.05) is 14.2 Å².